The van der Waals surface area contributed by atoms with Crippen LogP contribution in [-0.2, 0) is 4.74 Å². The van der Waals surface area contributed by atoms with Crippen LogP contribution in [0.3, 0.4) is 0 Å². The highest BCUT2D eigenvalue weighted by Crippen LogP contribution is 2.31. The summed E-state index contributed by atoms with van der Waals surface area (Å²) in [5.41, 5.74) is 1.41. The lowest BCUT2D eigenvalue weighted by atomic mass is 10.2. The highest BCUT2D eigenvalue weighted by molar-refractivity contribution is 14.1. The van der Waals surface area contributed by atoms with E-state index in [-0.39, 0.29) is 8.80 Å². The van der Waals surface area contributed by atoms with Crippen molar-refractivity contribution in [3.8, 4) is 0 Å². The number of pyridine rings is 1. The second-order valence-electron chi connectivity index (χ2n) is 2.48. The van der Waals surface area contributed by atoms with E-state index in [0.717, 1.165) is 5.56 Å². The van der Waals surface area contributed by atoms with Crippen LogP contribution in [-0.4, -0.2) is 17.6 Å². The average molecular weight is 370 g/mol. The minimum Gasteiger partial charge on any atom is -0.462 e. The first-order valence-corrected chi connectivity index (χ1v) is 6.22. The van der Waals surface area contributed by atoms with E-state index in [1.54, 1.807) is 19.2 Å². The minimum absolute atomic E-state index is 0.0857. The van der Waals surface area contributed by atoms with Gasteiger partial charge in [-0.15, -0.1) is 0 Å². The summed E-state index contributed by atoms with van der Waals surface area (Å²) in [7, 11) is 0. The molecule has 0 aliphatic carbocycles. The Hall–Kier alpha value is -0.170. The van der Waals surface area contributed by atoms with Crippen molar-refractivity contribution in [2.24, 2.45) is 0 Å². The van der Waals surface area contributed by atoms with E-state index in [9.17, 15) is 4.79 Å². The maximum atomic E-state index is 11.5. The molecule has 3 nitrogen and oxygen atoms in total. The summed E-state index contributed by atoms with van der Waals surface area (Å²) in [6.45, 7) is 2.16. The van der Waals surface area contributed by atoms with Crippen LogP contribution >= 0.6 is 38.5 Å². The molecule has 76 valence electrons. The molecular weight excluding hydrogens is 361 g/mol. The standard InChI is InChI=1S/C9H9BrINO2/c1-2-14-9(13)7-5-12-4-3-6(7)8(10)11/h3-5,8H,2H2,1H3. The summed E-state index contributed by atoms with van der Waals surface area (Å²) in [5.74, 6) is -0.322. The van der Waals surface area contributed by atoms with Crippen LogP contribution in [0.1, 0.15) is 25.7 Å². The lowest BCUT2D eigenvalue weighted by molar-refractivity contribution is 0.0525. The Kier molecular flexibility index (Phi) is 4.80. The van der Waals surface area contributed by atoms with Gasteiger partial charge in [0.25, 0.3) is 0 Å². The van der Waals surface area contributed by atoms with Gasteiger partial charge in [0.2, 0.25) is 0 Å². The van der Waals surface area contributed by atoms with E-state index in [0.29, 0.717) is 12.2 Å². The Balaban J connectivity index is 3.00. The molecule has 1 aromatic rings. The molecule has 1 heterocycles. The molecule has 0 amide bonds. The monoisotopic (exact) mass is 369 g/mol. The zero-order valence-electron chi connectivity index (χ0n) is 7.54. The van der Waals surface area contributed by atoms with E-state index in [1.165, 1.54) is 6.20 Å². The van der Waals surface area contributed by atoms with Crippen LogP contribution in [0.15, 0.2) is 18.5 Å². The molecule has 14 heavy (non-hydrogen) atoms. The van der Waals surface area contributed by atoms with Gasteiger partial charge in [0.1, 0.15) is 0 Å². The fourth-order valence-corrected chi connectivity index (χ4v) is 1.92. The van der Waals surface area contributed by atoms with Gasteiger partial charge in [-0.1, -0.05) is 38.5 Å². The van der Waals surface area contributed by atoms with E-state index < -0.39 is 0 Å². The summed E-state index contributed by atoms with van der Waals surface area (Å²) in [6, 6.07) is 1.80. The maximum absolute atomic E-state index is 11.5. The fourth-order valence-electron chi connectivity index (χ4n) is 0.975. The maximum Gasteiger partial charge on any atom is 0.340 e. The topological polar surface area (TPSA) is 39.2 Å². The number of rotatable bonds is 3. The molecule has 1 atom stereocenters. The third kappa shape index (κ3) is 2.91. The minimum atomic E-state index is -0.322. The van der Waals surface area contributed by atoms with Crippen molar-refractivity contribution in [1.82, 2.24) is 4.98 Å². The highest BCUT2D eigenvalue weighted by atomic mass is 127. The quantitative estimate of drug-likeness (QED) is 0.467. The lowest BCUT2D eigenvalue weighted by Crippen LogP contribution is -2.08. The van der Waals surface area contributed by atoms with Gasteiger partial charge in [0.05, 0.1) is 15.0 Å². The predicted molar refractivity (Wildman–Crippen MR) is 65.9 cm³/mol. The van der Waals surface area contributed by atoms with E-state index >= 15 is 0 Å². The number of hydrogen-bond donors (Lipinski definition) is 0. The van der Waals surface area contributed by atoms with Crippen LogP contribution in [0.2, 0.25) is 0 Å². The molecule has 0 saturated heterocycles. The van der Waals surface area contributed by atoms with Gasteiger partial charge in [-0.05, 0) is 18.6 Å². The second-order valence-corrected chi connectivity index (χ2v) is 6.36. The van der Waals surface area contributed by atoms with Crippen LogP contribution in [0.25, 0.3) is 0 Å². The Bertz CT molecular complexity index is 330. The molecule has 0 aliphatic rings. The number of aromatic nitrogens is 1. The first-order chi connectivity index (χ1) is 6.66. The number of halogens is 2. The smallest absolute Gasteiger partial charge is 0.340 e. The Morgan fingerprint density at radius 1 is 1.79 bits per heavy atom. The number of hydrogen-bond acceptors (Lipinski definition) is 3. The van der Waals surface area contributed by atoms with E-state index in [2.05, 4.69) is 43.5 Å². The van der Waals surface area contributed by atoms with E-state index in [1.807, 2.05) is 0 Å². The molecular formula is C9H9BrINO2. The number of esters is 1. The molecule has 0 radical (unpaired) electrons. The SMILES string of the molecule is CCOC(=O)c1cnccc1C(Br)I. The van der Waals surface area contributed by atoms with Gasteiger partial charge >= 0.3 is 5.97 Å². The van der Waals surface area contributed by atoms with Crippen molar-refractivity contribution in [2.45, 2.75) is 9.76 Å². The number of alkyl halides is 2. The second kappa shape index (κ2) is 5.65. The molecule has 0 N–H and O–H groups in total. The van der Waals surface area contributed by atoms with Crippen LogP contribution in [0.5, 0.6) is 0 Å². The molecule has 5 heteroatoms. The van der Waals surface area contributed by atoms with Crippen LogP contribution < -0.4 is 0 Å². The van der Waals surface area contributed by atoms with Crippen molar-refractivity contribution in [1.29, 1.82) is 0 Å². The molecule has 0 aromatic carbocycles. The number of carbonyl (C=O) groups excluding carboxylic acids is 1. The first-order valence-electron chi connectivity index (χ1n) is 4.06. The predicted octanol–water partition coefficient (Wildman–Crippen LogP) is 3.09. The van der Waals surface area contributed by atoms with Crippen molar-refractivity contribution < 1.29 is 9.53 Å². The Morgan fingerprint density at radius 2 is 2.50 bits per heavy atom. The molecule has 0 fully saturated rings. The molecule has 0 saturated carbocycles. The largest absolute Gasteiger partial charge is 0.462 e. The summed E-state index contributed by atoms with van der Waals surface area (Å²) < 4.78 is 5.00. The summed E-state index contributed by atoms with van der Waals surface area (Å²) >= 11 is 5.58. The first kappa shape index (κ1) is 11.9. The third-order valence-corrected chi connectivity index (χ3v) is 2.75. The van der Waals surface area contributed by atoms with Gasteiger partial charge in [0, 0.05) is 12.4 Å². The van der Waals surface area contributed by atoms with Crippen molar-refractivity contribution in [2.75, 3.05) is 6.61 Å². The zero-order valence-corrected chi connectivity index (χ0v) is 11.3. The van der Waals surface area contributed by atoms with Crippen LogP contribution in [0.4, 0.5) is 0 Å². The summed E-state index contributed by atoms with van der Waals surface area (Å²) in [5, 5.41) is 0. The van der Waals surface area contributed by atoms with Gasteiger partial charge in [-0.2, -0.15) is 0 Å². The highest BCUT2D eigenvalue weighted by Gasteiger charge is 2.15. The molecule has 0 aliphatic heterocycles. The normalized spacial score (nSPS) is 12.2. The Labute approximate surface area is 105 Å². The van der Waals surface area contributed by atoms with Gasteiger partial charge < -0.3 is 4.74 Å². The lowest BCUT2D eigenvalue weighted by Gasteiger charge is -2.08. The van der Waals surface area contributed by atoms with Gasteiger partial charge in [-0.3, -0.25) is 4.98 Å². The molecule has 0 spiro atoms. The molecule has 1 rings (SSSR count). The number of nitrogens with zero attached hydrogens (tertiary/aromatic N) is 1. The van der Waals surface area contributed by atoms with Crippen molar-refractivity contribution >= 4 is 44.5 Å². The molecule has 1 unspecified atom stereocenters. The van der Waals surface area contributed by atoms with E-state index in [4.69, 9.17) is 4.74 Å². The summed E-state index contributed by atoms with van der Waals surface area (Å²) in [4.78, 5) is 15.4. The van der Waals surface area contributed by atoms with Gasteiger partial charge in [0.15, 0.2) is 0 Å². The zero-order chi connectivity index (χ0) is 10.6. The third-order valence-electron chi connectivity index (χ3n) is 1.59. The molecule has 1 aromatic heterocycles. The average Bonchev–Trinajstić information content (AvgIpc) is 2.18. The van der Waals surface area contributed by atoms with Crippen molar-refractivity contribution in [3.05, 3.63) is 29.6 Å². The Morgan fingerprint density at radius 3 is 3.07 bits per heavy atom. The van der Waals surface area contributed by atoms with Crippen LogP contribution in [0, 0.1) is 0 Å². The summed E-state index contributed by atoms with van der Waals surface area (Å²) in [6.07, 6.45) is 3.19. The van der Waals surface area contributed by atoms with Gasteiger partial charge in [-0.25, -0.2) is 4.79 Å². The number of carbonyl (C=O) groups is 1. The van der Waals surface area contributed by atoms with Crippen molar-refractivity contribution in [3.63, 3.8) is 0 Å². The fraction of sp³-hybridized carbons (Fsp3) is 0.333. The number of ether oxygens (including phenoxy) is 1. The molecule has 0 bridgehead atoms.